The number of anilines is 1. The number of nitrogens with one attached hydrogen (secondary N) is 3. The van der Waals surface area contributed by atoms with Crippen molar-refractivity contribution >= 4 is 29.4 Å². The molecular formula is C29H32N6O4S. The first-order chi connectivity index (χ1) is 19.5. The average molecular weight is 561 g/mol. The van der Waals surface area contributed by atoms with Gasteiger partial charge in [0, 0.05) is 36.4 Å². The number of carbonyl (C=O) groups is 2. The summed E-state index contributed by atoms with van der Waals surface area (Å²) in [5.41, 5.74) is 2.43. The van der Waals surface area contributed by atoms with E-state index in [9.17, 15) is 14.9 Å². The number of piperidine rings is 2. The molecule has 4 heterocycles. The number of nitrogens with zero attached hydrogens (tertiary/aromatic N) is 3. The number of aryl methyl sites for hydroxylation is 1. The number of thioether (sulfide) groups is 1. The summed E-state index contributed by atoms with van der Waals surface area (Å²) in [6.45, 7) is 3.96. The fourth-order valence-electron chi connectivity index (χ4n) is 6.13. The van der Waals surface area contributed by atoms with Gasteiger partial charge in [-0.25, -0.2) is 4.79 Å². The maximum absolute atomic E-state index is 13.6. The largest absolute Gasteiger partial charge is 0.493 e. The minimum absolute atomic E-state index is 0.00646. The van der Waals surface area contributed by atoms with Crippen LogP contribution in [0.15, 0.2) is 53.1 Å². The SMILES string of the molecule is COc1ccccc1Oc1ccc(N2C(=O)NC3=C(C(=O)NC4CCCN(C#N)C4)SC4NCCC2C34)c(C)c1. The van der Waals surface area contributed by atoms with E-state index in [4.69, 9.17) is 9.47 Å². The van der Waals surface area contributed by atoms with Crippen molar-refractivity contribution in [1.29, 1.82) is 5.26 Å². The van der Waals surface area contributed by atoms with Crippen molar-refractivity contribution < 1.29 is 19.1 Å². The molecule has 0 aromatic heterocycles. The van der Waals surface area contributed by atoms with Crippen molar-refractivity contribution in [3.8, 4) is 23.4 Å². The number of hydrogen-bond acceptors (Lipinski definition) is 8. The molecule has 0 radical (unpaired) electrons. The molecule has 3 saturated heterocycles. The molecule has 4 unspecified atom stereocenters. The summed E-state index contributed by atoms with van der Waals surface area (Å²) in [5.74, 6) is 1.70. The van der Waals surface area contributed by atoms with E-state index in [1.54, 1.807) is 12.0 Å². The van der Waals surface area contributed by atoms with E-state index >= 15 is 0 Å². The summed E-state index contributed by atoms with van der Waals surface area (Å²) >= 11 is 1.49. The van der Waals surface area contributed by atoms with Crippen molar-refractivity contribution in [2.75, 3.05) is 31.6 Å². The summed E-state index contributed by atoms with van der Waals surface area (Å²) in [6, 6.07) is 12.8. The summed E-state index contributed by atoms with van der Waals surface area (Å²) in [7, 11) is 1.61. The summed E-state index contributed by atoms with van der Waals surface area (Å²) in [4.78, 5) is 31.1. The highest BCUT2D eigenvalue weighted by Crippen LogP contribution is 2.48. The number of ether oxygens (including phenoxy) is 2. The number of amides is 3. The topological polar surface area (TPSA) is 119 Å². The van der Waals surface area contributed by atoms with Crippen LogP contribution < -0.4 is 30.3 Å². The maximum Gasteiger partial charge on any atom is 0.326 e. The van der Waals surface area contributed by atoms with Crippen LogP contribution >= 0.6 is 11.8 Å². The lowest BCUT2D eigenvalue weighted by atomic mass is 9.86. The van der Waals surface area contributed by atoms with Gasteiger partial charge in [0.25, 0.3) is 5.91 Å². The number of likely N-dealkylation sites (tertiary alicyclic amines) is 1. The number of methoxy groups -OCH3 is 1. The van der Waals surface area contributed by atoms with E-state index in [1.807, 2.05) is 54.3 Å². The number of rotatable bonds is 6. The maximum atomic E-state index is 13.6. The quantitative estimate of drug-likeness (QED) is 0.458. The van der Waals surface area contributed by atoms with Crippen LogP contribution in [0.3, 0.4) is 0 Å². The van der Waals surface area contributed by atoms with Crippen molar-refractivity contribution in [1.82, 2.24) is 20.9 Å². The Balaban J connectivity index is 1.23. The molecule has 3 amide bonds. The number of hydrogen-bond donors (Lipinski definition) is 3. The first-order valence-corrected chi connectivity index (χ1v) is 14.5. The molecule has 3 N–H and O–H groups in total. The molecule has 0 spiro atoms. The Morgan fingerprint density at radius 2 is 2.02 bits per heavy atom. The molecule has 11 heteroatoms. The van der Waals surface area contributed by atoms with Crippen molar-refractivity contribution in [2.24, 2.45) is 5.92 Å². The highest BCUT2D eigenvalue weighted by molar-refractivity contribution is 8.04. The van der Waals surface area contributed by atoms with Gasteiger partial charge >= 0.3 is 6.03 Å². The molecule has 0 aliphatic carbocycles. The fraction of sp³-hybridized carbons (Fsp3) is 0.414. The average Bonchev–Trinajstić information content (AvgIpc) is 3.34. The van der Waals surface area contributed by atoms with Gasteiger partial charge in [0.15, 0.2) is 17.7 Å². The van der Waals surface area contributed by atoms with Gasteiger partial charge in [-0.05, 0) is 68.6 Å². The second kappa shape index (κ2) is 10.9. The zero-order valence-electron chi connectivity index (χ0n) is 22.5. The van der Waals surface area contributed by atoms with Gasteiger partial charge in [-0.3, -0.25) is 9.69 Å². The van der Waals surface area contributed by atoms with Crippen LogP contribution in [0.1, 0.15) is 24.8 Å². The van der Waals surface area contributed by atoms with Gasteiger partial charge in [-0.15, -0.1) is 0 Å². The smallest absolute Gasteiger partial charge is 0.326 e. The summed E-state index contributed by atoms with van der Waals surface area (Å²) in [6.07, 6.45) is 4.65. The third-order valence-electron chi connectivity index (χ3n) is 7.97. The van der Waals surface area contributed by atoms with E-state index in [0.29, 0.717) is 34.4 Å². The van der Waals surface area contributed by atoms with E-state index in [0.717, 1.165) is 43.6 Å². The molecule has 0 saturated carbocycles. The Morgan fingerprint density at radius 3 is 2.80 bits per heavy atom. The number of urea groups is 1. The molecule has 4 aliphatic rings. The molecule has 2 aromatic rings. The molecule has 0 bridgehead atoms. The zero-order valence-corrected chi connectivity index (χ0v) is 23.3. The van der Waals surface area contributed by atoms with Crippen LogP contribution in [0.5, 0.6) is 17.2 Å². The van der Waals surface area contributed by atoms with Gasteiger partial charge in [-0.1, -0.05) is 23.9 Å². The minimum atomic E-state index is -0.237. The summed E-state index contributed by atoms with van der Waals surface area (Å²) in [5, 5.41) is 19.0. The second-order valence-electron chi connectivity index (χ2n) is 10.5. The van der Waals surface area contributed by atoms with Gasteiger partial charge in [0.05, 0.1) is 23.4 Å². The van der Waals surface area contributed by atoms with Crippen LogP contribution in [0.2, 0.25) is 0 Å². The van der Waals surface area contributed by atoms with E-state index in [1.165, 1.54) is 11.8 Å². The lowest BCUT2D eigenvalue weighted by Gasteiger charge is -2.46. The van der Waals surface area contributed by atoms with Gasteiger partial charge in [0.1, 0.15) is 5.75 Å². The predicted molar refractivity (Wildman–Crippen MR) is 152 cm³/mol. The molecule has 40 heavy (non-hydrogen) atoms. The first-order valence-electron chi connectivity index (χ1n) is 13.6. The molecule has 10 nitrogen and oxygen atoms in total. The van der Waals surface area contributed by atoms with Crippen molar-refractivity contribution in [3.05, 3.63) is 58.6 Å². The standard InChI is InChI=1S/C29H32N6O4S/c1-17-14-19(39-23-8-4-3-7-22(23)38-2)9-10-20(17)35-21-11-12-31-28-24(21)25(33-29(35)37)26(40-28)27(36)32-18-6-5-13-34(15-18)16-30/h3-4,7-10,14,18,21,24,28,31H,5-6,11-13,15H2,1-2H3,(H,32,36)(H,33,37). The molecule has 4 aliphatic heterocycles. The third kappa shape index (κ3) is 4.82. The monoisotopic (exact) mass is 560 g/mol. The van der Waals surface area contributed by atoms with Gasteiger partial charge in [-0.2, -0.15) is 5.26 Å². The van der Waals surface area contributed by atoms with Crippen LogP contribution in [0.25, 0.3) is 0 Å². The highest BCUT2D eigenvalue weighted by Gasteiger charge is 2.52. The molecule has 208 valence electrons. The van der Waals surface area contributed by atoms with Crippen LogP contribution in [-0.2, 0) is 4.79 Å². The Hall–Kier alpha value is -3.88. The van der Waals surface area contributed by atoms with Crippen LogP contribution in [0, 0.1) is 24.3 Å². The lowest BCUT2D eigenvalue weighted by molar-refractivity contribution is -0.117. The molecule has 6 rings (SSSR count). The number of nitriles is 1. The highest BCUT2D eigenvalue weighted by atomic mass is 32.2. The Morgan fingerprint density at radius 1 is 1.20 bits per heavy atom. The second-order valence-corrected chi connectivity index (χ2v) is 11.6. The molecular weight excluding hydrogens is 528 g/mol. The molecule has 3 fully saturated rings. The van der Waals surface area contributed by atoms with E-state index < -0.39 is 0 Å². The fourth-order valence-corrected chi connectivity index (χ4v) is 7.53. The van der Waals surface area contributed by atoms with E-state index in [2.05, 4.69) is 22.1 Å². The molecule has 4 atom stereocenters. The van der Waals surface area contributed by atoms with Gasteiger partial charge < -0.3 is 30.3 Å². The Bertz CT molecular complexity index is 1410. The normalized spacial score (nSPS) is 25.6. The van der Waals surface area contributed by atoms with Crippen LogP contribution in [-0.4, -0.2) is 61.0 Å². The number of carbonyl (C=O) groups excluding carboxylic acids is 2. The Kier molecular flexibility index (Phi) is 7.21. The minimum Gasteiger partial charge on any atom is -0.493 e. The first kappa shape index (κ1) is 26.3. The van der Waals surface area contributed by atoms with Gasteiger partial charge in [0.2, 0.25) is 0 Å². The Labute approximate surface area is 237 Å². The van der Waals surface area contributed by atoms with Crippen LogP contribution in [0.4, 0.5) is 10.5 Å². The predicted octanol–water partition coefficient (Wildman–Crippen LogP) is 3.65. The van der Waals surface area contributed by atoms with Crippen molar-refractivity contribution in [2.45, 2.75) is 43.6 Å². The third-order valence-corrected chi connectivity index (χ3v) is 9.32. The molecule has 2 aromatic carbocycles. The number of para-hydroxylation sites is 2. The van der Waals surface area contributed by atoms with E-state index in [-0.39, 0.29) is 35.3 Å². The summed E-state index contributed by atoms with van der Waals surface area (Å²) < 4.78 is 11.5. The number of benzene rings is 2. The lowest BCUT2D eigenvalue weighted by Crippen LogP contribution is -2.62. The zero-order chi connectivity index (χ0) is 27.8. The van der Waals surface area contributed by atoms with Crippen molar-refractivity contribution in [3.63, 3.8) is 0 Å².